The summed E-state index contributed by atoms with van der Waals surface area (Å²) in [5, 5.41) is 1.96. The van der Waals surface area contributed by atoms with Crippen molar-refractivity contribution in [2.24, 2.45) is 0 Å². The van der Waals surface area contributed by atoms with Gasteiger partial charge >= 0.3 is 0 Å². The summed E-state index contributed by atoms with van der Waals surface area (Å²) in [5.74, 6) is 0.201. The molecule has 1 rings (SSSR count). The van der Waals surface area contributed by atoms with Gasteiger partial charge in [-0.2, -0.15) is 0 Å². The van der Waals surface area contributed by atoms with Crippen molar-refractivity contribution < 1.29 is 4.79 Å². The summed E-state index contributed by atoms with van der Waals surface area (Å²) in [5.41, 5.74) is 0.942. The highest BCUT2D eigenvalue weighted by atomic mass is 35.5. The van der Waals surface area contributed by atoms with Crippen molar-refractivity contribution in [2.45, 2.75) is 32.6 Å². The molecule has 1 heterocycles. The maximum atomic E-state index is 11.0. The summed E-state index contributed by atoms with van der Waals surface area (Å²) in [6.45, 7) is 5.70. The Bertz CT molecular complexity index is 314. The van der Waals surface area contributed by atoms with Gasteiger partial charge in [0.05, 0.1) is 4.34 Å². The smallest absolute Gasteiger partial charge is 0.130 e. The quantitative estimate of drug-likeness (QED) is 0.754. The van der Waals surface area contributed by atoms with Gasteiger partial charge in [0.15, 0.2) is 0 Å². The minimum atomic E-state index is -0.136. The van der Waals surface area contributed by atoms with Gasteiger partial charge in [0.2, 0.25) is 0 Å². The Morgan fingerprint density at radius 1 is 1.62 bits per heavy atom. The average Bonchev–Trinajstić information content (AvgIpc) is 2.32. The van der Waals surface area contributed by atoms with Crippen LogP contribution in [0, 0.1) is 0 Å². The summed E-state index contributed by atoms with van der Waals surface area (Å²) in [4.78, 5) is 11.0. The van der Waals surface area contributed by atoms with Gasteiger partial charge in [0, 0.05) is 6.42 Å². The molecular formula is C10H13ClOS. The van der Waals surface area contributed by atoms with Gasteiger partial charge in [-0.15, -0.1) is 11.3 Å². The maximum Gasteiger partial charge on any atom is 0.130 e. The van der Waals surface area contributed by atoms with Gasteiger partial charge < -0.3 is 0 Å². The van der Waals surface area contributed by atoms with Crippen molar-refractivity contribution in [3.05, 3.63) is 21.3 Å². The first-order chi connectivity index (χ1) is 5.93. The molecule has 0 amide bonds. The minimum absolute atomic E-state index is 0.136. The summed E-state index contributed by atoms with van der Waals surface area (Å²) in [6.07, 6.45) is 0.545. The number of carbonyl (C=O) groups is 1. The largest absolute Gasteiger partial charge is 0.300 e. The van der Waals surface area contributed by atoms with Crippen LogP contribution >= 0.6 is 22.9 Å². The van der Waals surface area contributed by atoms with Crippen molar-refractivity contribution in [3.63, 3.8) is 0 Å². The lowest BCUT2D eigenvalue weighted by Crippen LogP contribution is -2.20. The third-order valence-corrected chi connectivity index (χ3v) is 3.21. The van der Waals surface area contributed by atoms with Crippen molar-refractivity contribution in [1.82, 2.24) is 0 Å². The highest BCUT2D eigenvalue weighted by molar-refractivity contribution is 7.14. The molecule has 0 saturated heterocycles. The van der Waals surface area contributed by atoms with Crippen LogP contribution < -0.4 is 0 Å². The third-order valence-electron chi connectivity index (χ3n) is 2.04. The molecule has 0 fully saturated rings. The van der Waals surface area contributed by atoms with Crippen LogP contribution in [0.4, 0.5) is 0 Å². The van der Waals surface area contributed by atoms with Gasteiger partial charge in [-0.05, 0) is 29.3 Å². The van der Waals surface area contributed by atoms with Gasteiger partial charge in [-0.25, -0.2) is 0 Å². The van der Waals surface area contributed by atoms with E-state index in [0.29, 0.717) is 6.42 Å². The summed E-state index contributed by atoms with van der Waals surface area (Å²) in [6, 6.07) is 2.00. The Balaban J connectivity index is 2.93. The summed E-state index contributed by atoms with van der Waals surface area (Å²) < 4.78 is 0.797. The van der Waals surface area contributed by atoms with Crippen LogP contribution in [0.25, 0.3) is 0 Å². The Kier molecular flexibility index (Phi) is 3.14. The van der Waals surface area contributed by atoms with E-state index < -0.39 is 0 Å². The fraction of sp³-hybridized carbons (Fsp3) is 0.500. The molecule has 1 nitrogen and oxygen atoms in total. The zero-order chi connectivity index (χ0) is 10.1. The van der Waals surface area contributed by atoms with Crippen LogP contribution in [-0.2, 0) is 10.2 Å². The average molecular weight is 217 g/mol. The predicted octanol–water partition coefficient (Wildman–Crippen LogP) is 3.66. The molecule has 0 saturated carbocycles. The Morgan fingerprint density at radius 3 is 2.62 bits per heavy atom. The van der Waals surface area contributed by atoms with Crippen LogP contribution in [0.5, 0.6) is 0 Å². The molecular weight excluding hydrogens is 204 g/mol. The number of rotatable bonds is 3. The Hall–Kier alpha value is -0.340. The molecule has 3 heteroatoms. The van der Waals surface area contributed by atoms with E-state index in [9.17, 15) is 4.79 Å². The molecule has 72 valence electrons. The zero-order valence-corrected chi connectivity index (χ0v) is 9.63. The number of Topliss-reactive ketones (excluding diaryl/α,β-unsaturated/α-hetero) is 1. The van der Waals surface area contributed by atoms with Gasteiger partial charge in [-0.1, -0.05) is 25.4 Å². The Labute approximate surface area is 87.7 Å². The normalized spacial score (nSPS) is 11.7. The number of hydrogen-bond acceptors (Lipinski definition) is 2. The molecule has 0 atom stereocenters. The van der Waals surface area contributed by atoms with Gasteiger partial charge in [-0.3, -0.25) is 4.79 Å². The fourth-order valence-electron chi connectivity index (χ4n) is 1.50. The van der Waals surface area contributed by atoms with Crippen molar-refractivity contribution in [2.75, 3.05) is 0 Å². The van der Waals surface area contributed by atoms with E-state index in [2.05, 4.69) is 0 Å². The van der Waals surface area contributed by atoms with Crippen LogP contribution in [0.2, 0.25) is 4.34 Å². The maximum absolute atomic E-state index is 11.0. The Morgan fingerprint density at radius 2 is 2.23 bits per heavy atom. The van der Waals surface area contributed by atoms with Crippen LogP contribution in [0.3, 0.4) is 0 Å². The number of thiophene rings is 1. The lowest BCUT2D eigenvalue weighted by Gasteiger charge is -2.22. The summed E-state index contributed by atoms with van der Waals surface area (Å²) >= 11 is 7.53. The second-order valence-corrected chi connectivity index (χ2v) is 5.39. The van der Waals surface area contributed by atoms with E-state index in [4.69, 9.17) is 11.6 Å². The van der Waals surface area contributed by atoms with Crippen molar-refractivity contribution in [1.29, 1.82) is 0 Å². The third kappa shape index (κ3) is 2.55. The highest BCUT2D eigenvalue weighted by Gasteiger charge is 2.25. The van der Waals surface area contributed by atoms with E-state index in [0.717, 1.165) is 9.90 Å². The zero-order valence-electron chi connectivity index (χ0n) is 8.06. The van der Waals surface area contributed by atoms with E-state index in [1.54, 1.807) is 6.92 Å². The van der Waals surface area contributed by atoms with Crippen molar-refractivity contribution in [3.8, 4) is 0 Å². The molecule has 0 spiro atoms. The standard InChI is InChI=1S/C10H13ClOS/c1-7(12)6-10(2,3)8-4-5-13-9(8)11/h4-5H,6H2,1-3H3. The molecule has 13 heavy (non-hydrogen) atoms. The summed E-state index contributed by atoms with van der Waals surface area (Å²) in [7, 11) is 0. The minimum Gasteiger partial charge on any atom is -0.300 e. The molecule has 0 radical (unpaired) electrons. The number of hydrogen-bond donors (Lipinski definition) is 0. The highest BCUT2D eigenvalue weighted by Crippen LogP contribution is 2.35. The molecule has 0 aliphatic rings. The molecule has 1 aromatic rings. The lowest BCUT2D eigenvalue weighted by molar-refractivity contribution is -0.118. The number of ketones is 1. The molecule has 0 aliphatic carbocycles. The predicted molar refractivity (Wildman–Crippen MR) is 57.7 cm³/mol. The molecule has 1 aromatic heterocycles. The van der Waals surface area contributed by atoms with Crippen molar-refractivity contribution >= 4 is 28.7 Å². The van der Waals surface area contributed by atoms with E-state index in [-0.39, 0.29) is 11.2 Å². The van der Waals surface area contributed by atoms with E-state index in [1.165, 1.54) is 11.3 Å². The van der Waals surface area contributed by atoms with Crippen LogP contribution in [-0.4, -0.2) is 5.78 Å². The molecule has 0 aromatic carbocycles. The second-order valence-electron chi connectivity index (χ2n) is 3.87. The molecule has 0 unspecified atom stereocenters. The second kappa shape index (κ2) is 3.81. The van der Waals surface area contributed by atoms with E-state index in [1.807, 2.05) is 25.3 Å². The molecule has 0 bridgehead atoms. The van der Waals surface area contributed by atoms with Crippen LogP contribution in [0.15, 0.2) is 11.4 Å². The number of carbonyl (C=O) groups excluding carboxylic acids is 1. The lowest BCUT2D eigenvalue weighted by atomic mass is 9.82. The monoisotopic (exact) mass is 216 g/mol. The first-order valence-electron chi connectivity index (χ1n) is 4.16. The first kappa shape index (κ1) is 10.7. The fourth-order valence-corrected chi connectivity index (χ4v) is 2.77. The van der Waals surface area contributed by atoms with Gasteiger partial charge in [0.1, 0.15) is 5.78 Å². The number of halogens is 1. The first-order valence-corrected chi connectivity index (χ1v) is 5.42. The molecule has 0 N–H and O–H groups in total. The van der Waals surface area contributed by atoms with Crippen LogP contribution in [0.1, 0.15) is 32.8 Å². The molecule has 0 aliphatic heterocycles. The van der Waals surface area contributed by atoms with Gasteiger partial charge in [0.25, 0.3) is 0 Å². The topological polar surface area (TPSA) is 17.1 Å². The van der Waals surface area contributed by atoms with E-state index >= 15 is 0 Å². The SMILES string of the molecule is CC(=O)CC(C)(C)c1ccsc1Cl.